The average Bonchev–Trinajstić information content (AvgIpc) is 3.22. The molecule has 7 heteroatoms. The Morgan fingerprint density at radius 3 is 2.66 bits per heavy atom. The maximum atomic E-state index is 12.7. The van der Waals surface area contributed by atoms with Crippen LogP contribution < -0.4 is 16.4 Å². The molecular weight excluding hydrogens is 368 g/mol. The van der Waals surface area contributed by atoms with Gasteiger partial charge in [-0.3, -0.25) is 19.3 Å². The van der Waals surface area contributed by atoms with E-state index in [-0.39, 0.29) is 5.91 Å². The number of nitrogens with one attached hydrogen (secondary N) is 2. The summed E-state index contributed by atoms with van der Waals surface area (Å²) in [4.78, 5) is 41.6. The first-order valence-electron chi connectivity index (χ1n) is 9.94. The van der Waals surface area contributed by atoms with Gasteiger partial charge in [0, 0.05) is 24.3 Å². The van der Waals surface area contributed by atoms with Gasteiger partial charge >= 0.3 is 11.1 Å². The predicted octanol–water partition coefficient (Wildman–Crippen LogP) is 2.56. The number of carbonyl (C=O) groups is 1. The fraction of sp³-hybridized carbons (Fsp3) is 0.318. The molecule has 2 N–H and O–H groups in total. The molecule has 3 aromatic rings. The first kappa shape index (κ1) is 19.1. The Balaban J connectivity index is 1.57. The lowest BCUT2D eigenvalue weighted by Crippen LogP contribution is -2.36. The minimum absolute atomic E-state index is 0.264. The van der Waals surface area contributed by atoms with Gasteiger partial charge in [-0.2, -0.15) is 0 Å². The van der Waals surface area contributed by atoms with Gasteiger partial charge in [0.2, 0.25) is 0 Å². The van der Waals surface area contributed by atoms with Gasteiger partial charge in [-0.1, -0.05) is 12.1 Å². The lowest BCUT2D eigenvalue weighted by atomic mass is 10.1. The van der Waals surface area contributed by atoms with Crippen LogP contribution >= 0.6 is 0 Å². The van der Waals surface area contributed by atoms with Crippen molar-refractivity contribution in [1.29, 1.82) is 0 Å². The summed E-state index contributed by atoms with van der Waals surface area (Å²) in [6.07, 6.45) is 2.48. The molecule has 29 heavy (non-hydrogen) atoms. The van der Waals surface area contributed by atoms with Gasteiger partial charge in [0.25, 0.3) is 5.91 Å². The quantitative estimate of drug-likeness (QED) is 0.654. The lowest BCUT2D eigenvalue weighted by Gasteiger charge is -2.15. The number of likely N-dealkylation sites (tertiary alicyclic amines) is 1. The summed E-state index contributed by atoms with van der Waals surface area (Å²) in [5.41, 5.74) is 2.10. The summed E-state index contributed by atoms with van der Waals surface area (Å²) in [5.74, 6) is -0.264. The van der Waals surface area contributed by atoms with Gasteiger partial charge in [0.15, 0.2) is 0 Å². The third-order valence-electron chi connectivity index (χ3n) is 5.34. The first-order valence-corrected chi connectivity index (χ1v) is 9.94. The van der Waals surface area contributed by atoms with Crippen LogP contribution in [0, 0.1) is 0 Å². The standard InChI is InChI=1S/C22H24N4O3/c1-2-26-19-9-8-16(13-18(19)24-21(28)22(26)29)20(27)23-17-7-5-6-15(12-17)14-25-10-3-4-11-25/h5-9,12-13H,2-4,10-11,14H2,1H3,(H,23,27)(H,24,28). The van der Waals surface area contributed by atoms with E-state index in [1.165, 1.54) is 23.0 Å². The Morgan fingerprint density at radius 2 is 1.90 bits per heavy atom. The highest BCUT2D eigenvalue weighted by Gasteiger charge is 2.13. The van der Waals surface area contributed by atoms with Crippen molar-refractivity contribution in [3.05, 3.63) is 74.3 Å². The van der Waals surface area contributed by atoms with Crippen molar-refractivity contribution in [1.82, 2.24) is 14.5 Å². The molecule has 2 heterocycles. The Morgan fingerprint density at radius 1 is 1.10 bits per heavy atom. The second kappa shape index (κ2) is 8.05. The minimum atomic E-state index is -0.688. The third kappa shape index (κ3) is 4.00. The van der Waals surface area contributed by atoms with Crippen molar-refractivity contribution < 1.29 is 4.79 Å². The van der Waals surface area contributed by atoms with Crippen LogP contribution in [0.1, 0.15) is 35.7 Å². The van der Waals surface area contributed by atoms with Crippen LogP contribution in [0.15, 0.2) is 52.1 Å². The molecule has 4 rings (SSSR count). The third-order valence-corrected chi connectivity index (χ3v) is 5.34. The number of carbonyl (C=O) groups excluding carboxylic acids is 1. The molecule has 2 aromatic carbocycles. The maximum Gasteiger partial charge on any atom is 0.316 e. The van der Waals surface area contributed by atoms with Crippen molar-refractivity contribution in [2.24, 2.45) is 0 Å². The summed E-state index contributed by atoms with van der Waals surface area (Å²) in [7, 11) is 0. The zero-order valence-electron chi connectivity index (χ0n) is 16.4. The molecule has 1 aliphatic rings. The van der Waals surface area contributed by atoms with Gasteiger partial charge in [-0.15, -0.1) is 0 Å². The Kier molecular flexibility index (Phi) is 5.31. The highest BCUT2D eigenvalue weighted by molar-refractivity contribution is 6.05. The average molecular weight is 392 g/mol. The number of rotatable bonds is 5. The van der Waals surface area contributed by atoms with Gasteiger partial charge in [0.05, 0.1) is 11.0 Å². The molecule has 0 bridgehead atoms. The molecule has 0 radical (unpaired) electrons. The molecule has 1 fully saturated rings. The number of aromatic nitrogens is 2. The van der Waals surface area contributed by atoms with Crippen LogP contribution in [0.25, 0.3) is 11.0 Å². The SMILES string of the molecule is CCn1c(=O)c(=O)[nH]c2cc(C(=O)Nc3cccc(CN4CCCC4)c3)ccc21. The van der Waals surface area contributed by atoms with E-state index in [4.69, 9.17) is 0 Å². The highest BCUT2D eigenvalue weighted by atomic mass is 16.2. The summed E-state index contributed by atoms with van der Waals surface area (Å²) in [6.45, 7) is 5.31. The number of aromatic amines is 1. The monoisotopic (exact) mass is 392 g/mol. The number of aryl methyl sites for hydroxylation is 1. The molecule has 1 saturated heterocycles. The number of anilines is 1. The number of amides is 1. The molecule has 0 spiro atoms. The molecular formula is C22H24N4O3. The fourth-order valence-electron chi connectivity index (χ4n) is 3.88. The van der Waals surface area contributed by atoms with Gasteiger partial charge in [-0.05, 0) is 68.8 Å². The largest absolute Gasteiger partial charge is 0.322 e. The second-order valence-corrected chi connectivity index (χ2v) is 7.37. The van der Waals surface area contributed by atoms with E-state index < -0.39 is 11.1 Å². The molecule has 0 aliphatic carbocycles. The van der Waals surface area contributed by atoms with Crippen LogP contribution in [0.2, 0.25) is 0 Å². The number of nitrogens with zero attached hydrogens (tertiary/aromatic N) is 2. The molecule has 0 unspecified atom stereocenters. The number of benzene rings is 2. The zero-order valence-corrected chi connectivity index (χ0v) is 16.4. The van der Waals surface area contributed by atoms with E-state index in [0.29, 0.717) is 23.1 Å². The smallest absolute Gasteiger partial charge is 0.316 e. The topological polar surface area (TPSA) is 87.2 Å². The van der Waals surface area contributed by atoms with Crippen molar-refractivity contribution in [2.45, 2.75) is 32.9 Å². The number of hydrogen-bond acceptors (Lipinski definition) is 4. The van der Waals surface area contributed by atoms with Crippen LogP contribution in [0.4, 0.5) is 5.69 Å². The number of hydrogen-bond donors (Lipinski definition) is 2. The first-order chi connectivity index (χ1) is 14.0. The molecule has 1 aliphatic heterocycles. The zero-order chi connectivity index (χ0) is 20.4. The van der Waals surface area contributed by atoms with Crippen molar-refractivity contribution in [3.8, 4) is 0 Å². The summed E-state index contributed by atoms with van der Waals surface area (Å²) >= 11 is 0. The summed E-state index contributed by atoms with van der Waals surface area (Å²) < 4.78 is 1.40. The van der Waals surface area contributed by atoms with E-state index in [9.17, 15) is 14.4 Å². The van der Waals surface area contributed by atoms with Crippen LogP contribution in [0.5, 0.6) is 0 Å². The maximum absolute atomic E-state index is 12.7. The normalized spacial score (nSPS) is 14.4. The van der Waals surface area contributed by atoms with Gasteiger partial charge < -0.3 is 14.9 Å². The van der Waals surface area contributed by atoms with E-state index in [2.05, 4.69) is 21.3 Å². The summed E-state index contributed by atoms with van der Waals surface area (Å²) in [5, 5.41) is 2.92. The predicted molar refractivity (Wildman–Crippen MR) is 113 cm³/mol. The highest BCUT2D eigenvalue weighted by Crippen LogP contribution is 2.18. The van der Waals surface area contributed by atoms with Crippen LogP contribution in [-0.4, -0.2) is 33.4 Å². The van der Waals surface area contributed by atoms with Gasteiger partial charge in [-0.25, -0.2) is 0 Å². The van der Waals surface area contributed by atoms with Crippen molar-refractivity contribution in [3.63, 3.8) is 0 Å². The number of fused-ring (bicyclic) bond motifs is 1. The Hall–Kier alpha value is -3.19. The molecule has 150 valence electrons. The van der Waals surface area contributed by atoms with Crippen molar-refractivity contribution in [2.75, 3.05) is 18.4 Å². The van der Waals surface area contributed by atoms with E-state index >= 15 is 0 Å². The Labute approximate surface area is 168 Å². The fourth-order valence-corrected chi connectivity index (χ4v) is 3.88. The van der Waals surface area contributed by atoms with Gasteiger partial charge in [0.1, 0.15) is 0 Å². The second-order valence-electron chi connectivity index (χ2n) is 7.37. The Bertz CT molecular complexity index is 1170. The molecule has 0 saturated carbocycles. The van der Waals surface area contributed by atoms with E-state index in [0.717, 1.165) is 25.3 Å². The van der Waals surface area contributed by atoms with Crippen LogP contribution in [0.3, 0.4) is 0 Å². The molecule has 1 aromatic heterocycles. The van der Waals surface area contributed by atoms with E-state index in [1.807, 2.05) is 18.2 Å². The minimum Gasteiger partial charge on any atom is -0.322 e. The molecule has 7 nitrogen and oxygen atoms in total. The summed E-state index contributed by atoms with van der Waals surface area (Å²) in [6, 6.07) is 12.8. The van der Waals surface area contributed by atoms with Crippen LogP contribution in [-0.2, 0) is 13.1 Å². The van der Waals surface area contributed by atoms with E-state index in [1.54, 1.807) is 25.1 Å². The molecule has 0 atom stereocenters. The lowest BCUT2D eigenvalue weighted by molar-refractivity contribution is 0.102. The molecule has 1 amide bonds. The number of H-pyrrole nitrogens is 1. The van der Waals surface area contributed by atoms with Crippen molar-refractivity contribution >= 4 is 22.6 Å².